The van der Waals surface area contributed by atoms with Crippen LogP contribution in [0.1, 0.15) is 30.4 Å². The Morgan fingerprint density at radius 1 is 1.13 bits per heavy atom. The number of carbonyl (C=O) groups excluding carboxylic acids is 1. The van der Waals surface area contributed by atoms with Crippen molar-refractivity contribution in [2.24, 2.45) is 11.8 Å². The number of hydrogen-bond donors (Lipinski definition) is 1. The Bertz CT molecular complexity index is 524. The average Bonchev–Trinajstić information content (AvgIpc) is 2.85. The van der Waals surface area contributed by atoms with Gasteiger partial charge in [-0.1, -0.05) is 6.07 Å². The summed E-state index contributed by atoms with van der Waals surface area (Å²) >= 11 is 0. The molecule has 2 aliphatic rings. The molecule has 126 valence electrons. The van der Waals surface area contributed by atoms with Crippen molar-refractivity contribution in [3.05, 3.63) is 29.3 Å². The van der Waals surface area contributed by atoms with E-state index in [-0.39, 0.29) is 5.91 Å². The number of likely N-dealkylation sites (tertiary alicyclic amines) is 1. The number of nitrogens with zero attached hydrogens (tertiary/aromatic N) is 1. The van der Waals surface area contributed by atoms with Crippen molar-refractivity contribution in [1.82, 2.24) is 10.2 Å². The van der Waals surface area contributed by atoms with Gasteiger partial charge in [0.1, 0.15) is 5.75 Å². The number of benzene rings is 1. The lowest BCUT2D eigenvalue weighted by molar-refractivity contribution is -0.131. The minimum Gasteiger partial charge on any atom is -0.493 e. The molecule has 1 N–H and O–H groups in total. The molecule has 0 aromatic heterocycles. The molecule has 0 aliphatic carbocycles. The number of aryl methyl sites for hydroxylation is 2. The number of rotatable bonds is 4. The molecule has 0 bridgehead atoms. The number of nitrogens with one attached hydrogen (secondary N) is 1. The molecule has 2 saturated heterocycles. The van der Waals surface area contributed by atoms with Gasteiger partial charge in [0.25, 0.3) is 0 Å². The van der Waals surface area contributed by atoms with E-state index in [4.69, 9.17) is 4.74 Å². The fraction of sp³-hybridized carbons (Fsp3) is 0.632. The van der Waals surface area contributed by atoms with Gasteiger partial charge in [0.15, 0.2) is 0 Å². The zero-order valence-corrected chi connectivity index (χ0v) is 14.3. The molecule has 4 heteroatoms. The van der Waals surface area contributed by atoms with Crippen molar-refractivity contribution in [3.8, 4) is 5.75 Å². The minimum atomic E-state index is 0.238. The van der Waals surface area contributed by atoms with E-state index in [0.29, 0.717) is 13.0 Å². The fourth-order valence-electron chi connectivity index (χ4n) is 3.90. The lowest BCUT2D eigenvalue weighted by Gasteiger charge is -2.21. The third kappa shape index (κ3) is 4.25. The van der Waals surface area contributed by atoms with E-state index in [1.807, 2.05) is 17.0 Å². The van der Waals surface area contributed by atoms with Gasteiger partial charge in [-0.25, -0.2) is 0 Å². The molecule has 1 aromatic carbocycles. The molecule has 0 unspecified atom stereocenters. The molecular formula is C19H28N2O2. The molecule has 1 amide bonds. The van der Waals surface area contributed by atoms with E-state index >= 15 is 0 Å². The summed E-state index contributed by atoms with van der Waals surface area (Å²) in [7, 11) is 0. The van der Waals surface area contributed by atoms with E-state index in [9.17, 15) is 4.79 Å². The highest BCUT2D eigenvalue weighted by Gasteiger charge is 2.31. The standard InChI is InChI=1S/C19H28N2O2/c1-14-9-15(2)11-18(10-14)23-8-5-19(22)21-6-3-16-12-20-13-17(16)4-7-21/h9-11,16-17,20H,3-8,12-13H2,1-2H3/t16-,17+. The van der Waals surface area contributed by atoms with Crippen LogP contribution in [-0.2, 0) is 4.79 Å². The molecule has 2 aliphatic heterocycles. The summed E-state index contributed by atoms with van der Waals surface area (Å²) in [5, 5.41) is 3.47. The Hall–Kier alpha value is -1.55. The van der Waals surface area contributed by atoms with Crippen LogP contribution in [-0.4, -0.2) is 43.6 Å². The second-order valence-corrected chi connectivity index (χ2v) is 7.06. The van der Waals surface area contributed by atoms with Crippen LogP contribution in [0.15, 0.2) is 18.2 Å². The van der Waals surface area contributed by atoms with Gasteiger partial charge in [-0.15, -0.1) is 0 Å². The molecule has 1 aromatic rings. The van der Waals surface area contributed by atoms with Crippen LogP contribution in [0.3, 0.4) is 0 Å². The zero-order chi connectivity index (χ0) is 16.2. The SMILES string of the molecule is Cc1cc(C)cc(OCCC(=O)N2CC[C@@H]3CNC[C@@H]3CC2)c1. The third-order valence-electron chi connectivity index (χ3n) is 5.15. The lowest BCUT2D eigenvalue weighted by atomic mass is 9.92. The van der Waals surface area contributed by atoms with Crippen LogP contribution in [0.2, 0.25) is 0 Å². The Morgan fingerprint density at radius 2 is 1.74 bits per heavy atom. The van der Waals surface area contributed by atoms with E-state index in [2.05, 4.69) is 25.2 Å². The van der Waals surface area contributed by atoms with Gasteiger partial charge >= 0.3 is 0 Å². The van der Waals surface area contributed by atoms with Crippen molar-refractivity contribution in [2.45, 2.75) is 33.1 Å². The molecular weight excluding hydrogens is 288 g/mol. The van der Waals surface area contributed by atoms with Gasteiger partial charge in [-0.3, -0.25) is 4.79 Å². The summed E-state index contributed by atoms with van der Waals surface area (Å²) < 4.78 is 5.78. The van der Waals surface area contributed by atoms with Crippen LogP contribution < -0.4 is 10.1 Å². The molecule has 0 radical (unpaired) electrons. The number of fused-ring (bicyclic) bond motifs is 1. The summed E-state index contributed by atoms with van der Waals surface area (Å²) in [6, 6.07) is 6.18. The summed E-state index contributed by atoms with van der Waals surface area (Å²) in [4.78, 5) is 14.5. The van der Waals surface area contributed by atoms with Gasteiger partial charge in [0, 0.05) is 13.1 Å². The van der Waals surface area contributed by atoms with Crippen LogP contribution in [0.25, 0.3) is 0 Å². The molecule has 2 heterocycles. The molecule has 2 fully saturated rings. The first-order chi connectivity index (χ1) is 11.1. The highest BCUT2D eigenvalue weighted by Crippen LogP contribution is 2.27. The summed E-state index contributed by atoms with van der Waals surface area (Å²) in [6.45, 7) is 8.66. The second kappa shape index (κ2) is 7.35. The first-order valence-electron chi connectivity index (χ1n) is 8.81. The monoisotopic (exact) mass is 316 g/mol. The quantitative estimate of drug-likeness (QED) is 0.928. The maximum atomic E-state index is 12.4. The molecule has 0 saturated carbocycles. The second-order valence-electron chi connectivity index (χ2n) is 7.06. The Labute approximate surface area is 139 Å². The Balaban J connectivity index is 1.45. The first-order valence-corrected chi connectivity index (χ1v) is 8.81. The van der Waals surface area contributed by atoms with E-state index in [1.54, 1.807) is 0 Å². The van der Waals surface area contributed by atoms with Gasteiger partial charge in [0.2, 0.25) is 5.91 Å². The predicted molar refractivity (Wildman–Crippen MR) is 91.7 cm³/mol. The van der Waals surface area contributed by atoms with Gasteiger partial charge in [-0.05, 0) is 74.9 Å². The largest absolute Gasteiger partial charge is 0.493 e. The number of hydrogen-bond acceptors (Lipinski definition) is 3. The van der Waals surface area contributed by atoms with Crippen LogP contribution in [0.4, 0.5) is 0 Å². The number of carbonyl (C=O) groups is 1. The Kier molecular flexibility index (Phi) is 5.21. The smallest absolute Gasteiger partial charge is 0.225 e. The van der Waals surface area contributed by atoms with Gasteiger partial charge in [0.05, 0.1) is 13.0 Å². The van der Waals surface area contributed by atoms with Crippen LogP contribution in [0.5, 0.6) is 5.75 Å². The molecule has 4 nitrogen and oxygen atoms in total. The topological polar surface area (TPSA) is 41.6 Å². The van der Waals surface area contributed by atoms with E-state index in [0.717, 1.165) is 56.6 Å². The summed E-state index contributed by atoms with van der Waals surface area (Å²) in [5.74, 6) is 2.63. The van der Waals surface area contributed by atoms with Gasteiger partial charge in [-0.2, -0.15) is 0 Å². The van der Waals surface area contributed by atoms with Gasteiger partial charge < -0.3 is 15.0 Å². The highest BCUT2D eigenvalue weighted by molar-refractivity contribution is 5.76. The maximum absolute atomic E-state index is 12.4. The minimum absolute atomic E-state index is 0.238. The maximum Gasteiger partial charge on any atom is 0.225 e. The third-order valence-corrected chi connectivity index (χ3v) is 5.15. The normalized spacial score (nSPS) is 24.2. The summed E-state index contributed by atoms with van der Waals surface area (Å²) in [6.07, 6.45) is 2.75. The van der Waals surface area contributed by atoms with Crippen molar-refractivity contribution in [1.29, 1.82) is 0 Å². The molecule has 23 heavy (non-hydrogen) atoms. The predicted octanol–water partition coefficient (Wildman–Crippen LogP) is 2.53. The van der Waals surface area contributed by atoms with Crippen molar-refractivity contribution in [3.63, 3.8) is 0 Å². The highest BCUT2D eigenvalue weighted by atomic mass is 16.5. The first kappa shape index (κ1) is 16.3. The van der Waals surface area contributed by atoms with Crippen molar-refractivity contribution in [2.75, 3.05) is 32.8 Å². The lowest BCUT2D eigenvalue weighted by Crippen LogP contribution is -2.33. The summed E-state index contributed by atoms with van der Waals surface area (Å²) in [5.41, 5.74) is 2.39. The van der Waals surface area contributed by atoms with Crippen molar-refractivity contribution >= 4 is 5.91 Å². The van der Waals surface area contributed by atoms with E-state index in [1.165, 1.54) is 11.1 Å². The molecule has 3 rings (SSSR count). The Morgan fingerprint density at radius 3 is 2.35 bits per heavy atom. The molecule has 2 atom stereocenters. The zero-order valence-electron chi connectivity index (χ0n) is 14.3. The van der Waals surface area contributed by atoms with E-state index < -0.39 is 0 Å². The van der Waals surface area contributed by atoms with Crippen LogP contribution in [0, 0.1) is 25.7 Å². The van der Waals surface area contributed by atoms with Crippen LogP contribution >= 0.6 is 0 Å². The number of amides is 1. The fourth-order valence-corrected chi connectivity index (χ4v) is 3.90. The molecule has 0 spiro atoms. The average molecular weight is 316 g/mol. The van der Waals surface area contributed by atoms with Crippen molar-refractivity contribution < 1.29 is 9.53 Å². The number of ether oxygens (including phenoxy) is 1.